The van der Waals surface area contributed by atoms with Crippen LogP contribution in [0.15, 0.2) is 60.7 Å². The van der Waals surface area contributed by atoms with Crippen LogP contribution in [0.2, 0.25) is 0 Å². The van der Waals surface area contributed by atoms with Crippen molar-refractivity contribution in [3.8, 4) is 5.75 Å². The third-order valence-corrected chi connectivity index (χ3v) is 9.15. The minimum Gasteiger partial charge on any atom is -0.484 e. The van der Waals surface area contributed by atoms with Crippen molar-refractivity contribution in [1.82, 2.24) is 0 Å². The number of ether oxygens (including phenoxy) is 2. The number of rotatable bonds is 4. The summed E-state index contributed by atoms with van der Waals surface area (Å²) in [6, 6.07) is 16.6. The predicted molar refractivity (Wildman–Crippen MR) is 131 cm³/mol. The lowest BCUT2D eigenvalue weighted by Gasteiger charge is -2.48. The van der Waals surface area contributed by atoms with Crippen LogP contribution in [0.4, 0.5) is 0 Å². The van der Waals surface area contributed by atoms with Crippen molar-refractivity contribution in [3.05, 3.63) is 77.4 Å². The third kappa shape index (κ3) is 3.63. The van der Waals surface area contributed by atoms with Crippen LogP contribution in [-0.4, -0.2) is 29.7 Å². The Morgan fingerprint density at radius 2 is 1.91 bits per heavy atom. The van der Waals surface area contributed by atoms with Crippen molar-refractivity contribution in [2.45, 2.75) is 69.7 Å². The van der Waals surface area contributed by atoms with Crippen molar-refractivity contribution in [1.29, 1.82) is 0 Å². The summed E-state index contributed by atoms with van der Waals surface area (Å²) in [5, 5.41) is 9.98. The summed E-state index contributed by atoms with van der Waals surface area (Å²) in [4.78, 5) is 12.6. The minimum atomic E-state index is -0.411. The molecule has 1 heterocycles. The maximum atomic E-state index is 12.6. The molecule has 3 aliphatic carbocycles. The topological polar surface area (TPSA) is 55.8 Å². The summed E-state index contributed by atoms with van der Waals surface area (Å²) in [6.07, 6.45) is 9.36. The lowest BCUT2D eigenvalue weighted by atomic mass is 9.55. The first-order chi connectivity index (χ1) is 16.6. The molecule has 1 aliphatic heterocycles. The highest BCUT2D eigenvalue weighted by Gasteiger charge is 2.54. The standard InChI is InChI=1S/C30H34O4/c1-30-16-15-23-22-10-8-21(17-20(22)7-9-24(23)25(30)11-14-29(30)32)33-27-13-12-26(34-28(27)18-31)19-5-3-2-4-6-19/h2-6,8,10,12-13,17,23-28,31H,7,9,11,14-16,18H2,1H3/t23?,24?,25?,26?,27?,28?,30-/m1/s1. The zero-order valence-electron chi connectivity index (χ0n) is 19.9. The summed E-state index contributed by atoms with van der Waals surface area (Å²) in [7, 11) is 0. The first kappa shape index (κ1) is 22.1. The van der Waals surface area contributed by atoms with Crippen LogP contribution in [0.5, 0.6) is 5.75 Å². The highest BCUT2D eigenvalue weighted by Crippen LogP contribution is 2.59. The van der Waals surface area contributed by atoms with E-state index in [2.05, 4.69) is 25.1 Å². The van der Waals surface area contributed by atoms with Crippen LogP contribution in [0.3, 0.4) is 0 Å². The number of Topliss-reactive ketones (excluding diaryl/α,β-unsaturated/α-hetero) is 1. The number of aliphatic hydroxyl groups excluding tert-OH is 1. The van der Waals surface area contributed by atoms with E-state index in [4.69, 9.17) is 9.47 Å². The van der Waals surface area contributed by atoms with Gasteiger partial charge in [0.05, 0.1) is 6.61 Å². The van der Waals surface area contributed by atoms with Gasteiger partial charge >= 0.3 is 0 Å². The molecule has 0 bridgehead atoms. The smallest absolute Gasteiger partial charge is 0.145 e. The van der Waals surface area contributed by atoms with Crippen LogP contribution in [-0.2, 0) is 16.0 Å². The van der Waals surface area contributed by atoms with Gasteiger partial charge in [-0.25, -0.2) is 0 Å². The Morgan fingerprint density at radius 1 is 1.06 bits per heavy atom. The van der Waals surface area contributed by atoms with Crippen molar-refractivity contribution >= 4 is 5.78 Å². The third-order valence-electron chi connectivity index (χ3n) is 9.15. The van der Waals surface area contributed by atoms with Gasteiger partial charge < -0.3 is 14.6 Å². The maximum absolute atomic E-state index is 12.6. The van der Waals surface area contributed by atoms with Crippen LogP contribution in [0.1, 0.15) is 67.7 Å². The Balaban J connectivity index is 1.19. The molecule has 2 aromatic carbocycles. The highest BCUT2D eigenvalue weighted by atomic mass is 16.6. The average Bonchev–Trinajstić information content (AvgIpc) is 3.19. The van der Waals surface area contributed by atoms with E-state index < -0.39 is 6.10 Å². The van der Waals surface area contributed by atoms with Gasteiger partial charge in [-0.3, -0.25) is 4.79 Å². The van der Waals surface area contributed by atoms with E-state index in [-0.39, 0.29) is 24.2 Å². The van der Waals surface area contributed by atoms with Crippen LogP contribution < -0.4 is 4.74 Å². The summed E-state index contributed by atoms with van der Waals surface area (Å²) in [5.41, 5.74) is 3.84. The van der Waals surface area contributed by atoms with Gasteiger partial charge in [-0.05, 0) is 84.8 Å². The molecule has 4 heteroatoms. The summed E-state index contributed by atoms with van der Waals surface area (Å²) >= 11 is 0. The summed E-state index contributed by atoms with van der Waals surface area (Å²) in [5.74, 6) is 3.09. The van der Waals surface area contributed by atoms with Gasteiger partial charge in [0.1, 0.15) is 29.8 Å². The quantitative estimate of drug-likeness (QED) is 0.611. The van der Waals surface area contributed by atoms with E-state index in [9.17, 15) is 9.90 Å². The van der Waals surface area contributed by atoms with Gasteiger partial charge in [-0.2, -0.15) is 0 Å². The van der Waals surface area contributed by atoms with Crippen LogP contribution in [0.25, 0.3) is 0 Å². The first-order valence-corrected chi connectivity index (χ1v) is 12.9. The van der Waals surface area contributed by atoms with Gasteiger partial charge in [0.2, 0.25) is 0 Å². The molecule has 0 amide bonds. The largest absolute Gasteiger partial charge is 0.484 e. The monoisotopic (exact) mass is 458 g/mol. The van der Waals surface area contributed by atoms with E-state index >= 15 is 0 Å². The molecular formula is C30H34O4. The zero-order valence-corrected chi connectivity index (χ0v) is 19.9. The SMILES string of the molecule is C[C@@]12CCC3c4ccc(OC5C=CC(c6ccccc6)OC5CO)cc4CCC3C1CCC2=O. The molecule has 34 heavy (non-hydrogen) atoms. The number of fused-ring (bicyclic) bond motifs is 5. The fraction of sp³-hybridized carbons (Fsp3) is 0.500. The van der Waals surface area contributed by atoms with Crippen molar-refractivity contribution in [3.63, 3.8) is 0 Å². The van der Waals surface area contributed by atoms with E-state index in [0.29, 0.717) is 23.5 Å². The predicted octanol–water partition coefficient (Wildman–Crippen LogP) is 5.55. The molecule has 2 saturated carbocycles. The molecule has 0 spiro atoms. The second-order valence-corrected chi connectivity index (χ2v) is 10.8. The molecule has 0 radical (unpaired) electrons. The van der Waals surface area contributed by atoms with E-state index in [1.165, 1.54) is 17.5 Å². The average molecular weight is 459 g/mol. The number of hydrogen-bond acceptors (Lipinski definition) is 4. The Bertz CT molecular complexity index is 1090. The molecule has 0 saturated heterocycles. The van der Waals surface area contributed by atoms with Crippen molar-refractivity contribution < 1.29 is 19.4 Å². The van der Waals surface area contributed by atoms with E-state index in [1.54, 1.807) is 0 Å². The number of aliphatic hydroxyl groups is 1. The highest BCUT2D eigenvalue weighted by molar-refractivity contribution is 5.87. The second kappa shape index (κ2) is 8.66. The number of carbonyl (C=O) groups excluding carboxylic acids is 1. The lowest BCUT2D eigenvalue weighted by molar-refractivity contribution is -0.129. The number of carbonyl (C=O) groups is 1. The number of ketones is 1. The van der Waals surface area contributed by atoms with Crippen molar-refractivity contribution in [2.75, 3.05) is 6.61 Å². The first-order valence-electron chi connectivity index (χ1n) is 12.9. The number of hydrogen-bond donors (Lipinski definition) is 1. The maximum Gasteiger partial charge on any atom is 0.145 e. The molecule has 7 atom stereocenters. The molecule has 2 fully saturated rings. The minimum absolute atomic E-state index is 0.0774. The molecule has 1 N–H and O–H groups in total. The van der Waals surface area contributed by atoms with E-state index in [1.807, 2.05) is 42.5 Å². The number of aryl methyl sites for hydroxylation is 1. The summed E-state index contributed by atoms with van der Waals surface area (Å²) < 4.78 is 12.5. The van der Waals surface area contributed by atoms with Crippen molar-refractivity contribution in [2.24, 2.45) is 17.3 Å². The lowest BCUT2D eigenvalue weighted by Crippen LogP contribution is -2.42. The van der Waals surface area contributed by atoms with E-state index in [0.717, 1.165) is 43.4 Å². The van der Waals surface area contributed by atoms with Gasteiger partial charge in [-0.15, -0.1) is 0 Å². The molecule has 6 rings (SSSR count). The molecule has 0 aromatic heterocycles. The van der Waals surface area contributed by atoms with Gasteiger partial charge in [0.15, 0.2) is 0 Å². The normalized spacial score (nSPS) is 36.5. The number of benzene rings is 2. The second-order valence-electron chi connectivity index (χ2n) is 10.8. The Kier molecular flexibility index (Phi) is 5.62. The fourth-order valence-corrected chi connectivity index (χ4v) is 7.30. The molecule has 178 valence electrons. The van der Waals surface area contributed by atoms with Crippen LogP contribution >= 0.6 is 0 Å². The Hall–Kier alpha value is -2.43. The zero-order chi connectivity index (χ0) is 23.3. The molecule has 2 aromatic rings. The molecular weight excluding hydrogens is 424 g/mol. The Morgan fingerprint density at radius 3 is 2.74 bits per heavy atom. The molecule has 4 nitrogen and oxygen atoms in total. The Labute approximate surface area is 202 Å². The van der Waals surface area contributed by atoms with Gasteiger partial charge in [0, 0.05) is 11.8 Å². The summed E-state index contributed by atoms with van der Waals surface area (Å²) in [6.45, 7) is 2.14. The fourth-order valence-electron chi connectivity index (χ4n) is 7.30. The van der Waals surface area contributed by atoms with Gasteiger partial charge in [-0.1, -0.05) is 49.4 Å². The molecule has 6 unspecified atom stereocenters. The van der Waals surface area contributed by atoms with Gasteiger partial charge in [0.25, 0.3) is 0 Å². The van der Waals surface area contributed by atoms with Crippen LogP contribution in [0, 0.1) is 17.3 Å². The molecule has 4 aliphatic rings.